The van der Waals surface area contributed by atoms with Crippen molar-refractivity contribution in [3.05, 3.63) is 104 Å². The summed E-state index contributed by atoms with van der Waals surface area (Å²) in [6, 6.07) is 27.1. The van der Waals surface area contributed by atoms with Crippen LogP contribution in [0.1, 0.15) is 0 Å². The predicted molar refractivity (Wildman–Crippen MR) is 126 cm³/mol. The van der Waals surface area contributed by atoms with Crippen LogP contribution < -0.4 is 5.63 Å². The van der Waals surface area contributed by atoms with Crippen LogP contribution in [-0.4, -0.2) is 0 Å². The molecule has 0 aliphatic carbocycles. The Bertz CT molecular complexity index is 1420. The molecule has 2 heterocycles. The molecule has 5 rings (SSSR count). The van der Waals surface area contributed by atoms with Gasteiger partial charge in [-0.3, -0.25) is 0 Å². The van der Waals surface area contributed by atoms with Gasteiger partial charge in [-0.2, -0.15) is 0 Å². The summed E-state index contributed by atoms with van der Waals surface area (Å²) < 4.78 is 13.7. The standard InChI is InChI=1S/C25H14Br2O3/c26-18-8-6-15(7-9-18)20-14-23(29-24(20)16-4-2-1-3-5-16)21-13-17-12-19(27)10-11-22(17)30-25(21)28/h1-14H. The highest BCUT2D eigenvalue weighted by Gasteiger charge is 2.19. The van der Waals surface area contributed by atoms with Crippen LogP contribution >= 0.6 is 31.9 Å². The molecule has 0 fully saturated rings. The summed E-state index contributed by atoms with van der Waals surface area (Å²) in [4.78, 5) is 12.7. The molecule has 0 saturated carbocycles. The van der Waals surface area contributed by atoms with Crippen LogP contribution in [0.15, 0.2) is 108 Å². The molecule has 0 amide bonds. The summed E-state index contributed by atoms with van der Waals surface area (Å²) in [6.45, 7) is 0. The highest BCUT2D eigenvalue weighted by atomic mass is 79.9. The van der Waals surface area contributed by atoms with Crippen molar-refractivity contribution in [2.24, 2.45) is 0 Å². The van der Waals surface area contributed by atoms with Gasteiger partial charge in [0.2, 0.25) is 0 Å². The van der Waals surface area contributed by atoms with Gasteiger partial charge in [0.05, 0.1) is 0 Å². The van der Waals surface area contributed by atoms with Gasteiger partial charge in [0.25, 0.3) is 0 Å². The second-order valence-corrected chi connectivity index (χ2v) is 8.69. The van der Waals surface area contributed by atoms with E-state index < -0.39 is 5.63 Å². The lowest BCUT2D eigenvalue weighted by molar-refractivity contribution is 0.551. The zero-order valence-corrected chi connectivity index (χ0v) is 18.7. The first-order valence-electron chi connectivity index (χ1n) is 9.27. The van der Waals surface area contributed by atoms with Gasteiger partial charge in [0.1, 0.15) is 22.7 Å². The minimum atomic E-state index is -0.430. The van der Waals surface area contributed by atoms with Gasteiger partial charge in [-0.1, -0.05) is 74.3 Å². The Balaban J connectivity index is 1.74. The first-order valence-corrected chi connectivity index (χ1v) is 10.9. The summed E-state index contributed by atoms with van der Waals surface area (Å²) >= 11 is 6.95. The molecule has 3 nitrogen and oxygen atoms in total. The highest BCUT2D eigenvalue weighted by Crippen LogP contribution is 2.39. The number of hydrogen-bond donors (Lipinski definition) is 0. The maximum Gasteiger partial charge on any atom is 0.347 e. The van der Waals surface area contributed by atoms with Gasteiger partial charge in [-0.05, 0) is 48.0 Å². The molecular formula is C25H14Br2O3. The smallest absolute Gasteiger partial charge is 0.347 e. The van der Waals surface area contributed by atoms with E-state index in [0.29, 0.717) is 22.7 Å². The van der Waals surface area contributed by atoms with Gasteiger partial charge in [0, 0.05) is 25.5 Å². The van der Waals surface area contributed by atoms with Crippen molar-refractivity contribution in [1.29, 1.82) is 0 Å². The fraction of sp³-hybridized carbons (Fsp3) is 0. The van der Waals surface area contributed by atoms with E-state index >= 15 is 0 Å². The summed E-state index contributed by atoms with van der Waals surface area (Å²) in [6.07, 6.45) is 0. The van der Waals surface area contributed by atoms with E-state index in [-0.39, 0.29) is 0 Å². The molecule has 2 aromatic heterocycles. The number of rotatable bonds is 3. The van der Waals surface area contributed by atoms with Crippen LogP contribution in [0, 0.1) is 0 Å². The van der Waals surface area contributed by atoms with Gasteiger partial charge >= 0.3 is 5.63 Å². The molecule has 0 bridgehead atoms. The Morgan fingerprint density at radius 1 is 0.633 bits per heavy atom. The van der Waals surface area contributed by atoms with Crippen LogP contribution in [0.4, 0.5) is 0 Å². The summed E-state index contributed by atoms with van der Waals surface area (Å²) in [5.41, 5.74) is 3.35. The first kappa shape index (κ1) is 19.1. The molecule has 5 heteroatoms. The third-order valence-corrected chi connectivity index (χ3v) is 5.90. The van der Waals surface area contributed by atoms with Crippen LogP contribution in [0.2, 0.25) is 0 Å². The number of furan rings is 1. The molecule has 5 aromatic rings. The van der Waals surface area contributed by atoms with Crippen molar-refractivity contribution in [2.75, 3.05) is 0 Å². The van der Waals surface area contributed by atoms with Crippen LogP contribution in [0.3, 0.4) is 0 Å². The lowest BCUT2D eigenvalue weighted by Gasteiger charge is -2.03. The molecular weight excluding hydrogens is 508 g/mol. The molecule has 0 N–H and O–H groups in total. The highest BCUT2D eigenvalue weighted by molar-refractivity contribution is 9.10. The van der Waals surface area contributed by atoms with E-state index in [2.05, 4.69) is 31.9 Å². The van der Waals surface area contributed by atoms with E-state index in [1.807, 2.05) is 78.9 Å². The second-order valence-electron chi connectivity index (χ2n) is 6.86. The van der Waals surface area contributed by atoms with Crippen molar-refractivity contribution < 1.29 is 8.83 Å². The Labute approximate surface area is 189 Å². The van der Waals surface area contributed by atoms with Crippen molar-refractivity contribution >= 4 is 42.8 Å². The van der Waals surface area contributed by atoms with Gasteiger partial charge in [0.15, 0.2) is 0 Å². The third kappa shape index (κ3) is 3.55. The number of hydrogen-bond acceptors (Lipinski definition) is 3. The van der Waals surface area contributed by atoms with Gasteiger partial charge in [-0.15, -0.1) is 0 Å². The van der Waals surface area contributed by atoms with E-state index in [9.17, 15) is 4.79 Å². The fourth-order valence-corrected chi connectivity index (χ4v) is 4.08. The lowest BCUT2D eigenvalue weighted by Crippen LogP contribution is -2.01. The minimum Gasteiger partial charge on any atom is -0.455 e. The Kier molecular flexibility index (Phi) is 4.93. The summed E-state index contributed by atoms with van der Waals surface area (Å²) in [5.74, 6) is 1.18. The van der Waals surface area contributed by atoms with Crippen molar-refractivity contribution in [2.45, 2.75) is 0 Å². The SMILES string of the molecule is O=c1oc2ccc(Br)cc2cc1-c1cc(-c2ccc(Br)cc2)c(-c2ccccc2)o1. The van der Waals surface area contributed by atoms with E-state index in [0.717, 1.165) is 31.0 Å². The average Bonchev–Trinajstić information content (AvgIpc) is 3.20. The Morgan fingerprint density at radius 3 is 2.13 bits per heavy atom. The second kappa shape index (κ2) is 7.74. The molecule has 146 valence electrons. The molecule has 0 atom stereocenters. The first-order chi connectivity index (χ1) is 14.6. The quantitative estimate of drug-likeness (QED) is 0.226. The van der Waals surface area contributed by atoms with Crippen LogP contribution in [-0.2, 0) is 0 Å². The van der Waals surface area contributed by atoms with Crippen molar-refractivity contribution in [3.63, 3.8) is 0 Å². The maximum absolute atomic E-state index is 12.7. The van der Waals surface area contributed by atoms with Crippen LogP contribution in [0.5, 0.6) is 0 Å². The third-order valence-electron chi connectivity index (χ3n) is 4.88. The molecule has 0 unspecified atom stereocenters. The molecule has 0 spiro atoms. The number of halogens is 2. The molecule has 3 aromatic carbocycles. The summed E-state index contributed by atoms with van der Waals surface area (Å²) in [5, 5.41) is 0.821. The van der Waals surface area contributed by atoms with Crippen molar-refractivity contribution in [3.8, 4) is 33.8 Å². The molecule has 0 radical (unpaired) electrons. The molecule has 0 aliphatic heterocycles. The number of fused-ring (bicyclic) bond motifs is 1. The zero-order chi connectivity index (χ0) is 20.7. The van der Waals surface area contributed by atoms with E-state index in [1.54, 1.807) is 6.07 Å². The molecule has 30 heavy (non-hydrogen) atoms. The van der Waals surface area contributed by atoms with Crippen LogP contribution in [0.25, 0.3) is 44.7 Å². The largest absolute Gasteiger partial charge is 0.455 e. The van der Waals surface area contributed by atoms with Crippen molar-refractivity contribution in [1.82, 2.24) is 0 Å². The fourth-order valence-electron chi connectivity index (χ4n) is 3.44. The minimum absolute atomic E-state index is 0.390. The monoisotopic (exact) mass is 520 g/mol. The normalized spacial score (nSPS) is 11.1. The average molecular weight is 522 g/mol. The van der Waals surface area contributed by atoms with Gasteiger partial charge < -0.3 is 8.83 Å². The molecule has 0 aliphatic rings. The zero-order valence-electron chi connectivity index (χ0n) is 15.6. The topological polar surface area (TPSA) is 43.4 Å². The Hall–Kier alpha value is -2.89. The number of benzene rings is 3. The lowest BCUT2D eigenvalue weighted by atomic mass is 10.0. The molecule has 0 saturated heterocycles. The van der Waals surface area contributed by atoms with E-state index in [4.69, 9.17) is 8.83 Å². The predicted octanol–water partition coefficient (Wildman–Crippen LogP) is 7.91. The van der Waals surface area contributed by atoms with Gasteiger partial charge in [-0.25, -0.2) is 4.79 Å². The maximum atomic E-state index is 12.7. The van der Waals surface area contributed by atoms with E-state index in [1.165, 1.54) is 0 Å². The summed E-state index contributed by atoms with van der Waals surface area (Å²) in [7, 11) is 0. The Morgan fingerprint density at radius 2 is 1.37 bits per heavy atom.